The molecule has 0 radical (unpaired) electrons. The highest BCUT2D eigenvalue weighted by atomic mass is 16.5. The summed E-state index contributed by atoms with van der Waals surface area (Å²) in [5, 5.41) is 10.1. The van der Waals surface area contributed by atoms with E-state index in [0.717, 1.165) is 13.1 Å². The molecule has 2 aromatic rings. The van der Waals surface area contributed by atoms with Crippen LogP contribution in [0.3, 0.4) is 0 Å². The van der Waals surface area contributed by atoms with E-state index in [-0.39, 0.29) is 5.56 Å². The topological polar surface area (TPSA) is 62.9 Å². The highest BCUT2D eigenvalue weighted by Crippen LogP contribution is 2.26. The monoisotopic (exact) mass is 277 g/mol. The molecule has 5 nitrogen and oxygen atoms in total. The van der Waals surface area contributed by atoms with Gasteiger partial charge in [0.1, 0.15) is 16.9 Å². The van der Waals surface area contributed by atoms with Crippen LogP contribution in [0.5, 0.6) is 0 Å². The molecule has 0 amide bonds. The molecular formula is C15H19NO4. The second-order valence-corrected chi connectivity index (χ2v) is 4.56. The van der Waals surface area contributed by atoms with Crippen LogP contribution in [0.25, 0.3) is 11.0 Å². The maximum atomic E-state index is 11.5. The van der Waals surface area contributed by atoms with E-state index in [1.54, 1.807) is 19.2 Å². The predicted octanol–water partition coefficient (Wildman–Crippen LogP) is 2.60. The van der Waals surface area contributed by atoms with Gasteiger partial charge >= 0.3 is 5.97 Å². The first kappa shape index (κ1) is 14.6. The quantitative estimate of drug-likeness (QED) is 0.842. The van der Waals surface area contributed by atoms with Crippen molar-refractivity contribution in [2.24, 2.45) is 0 Å². The molecule has 1 aromatic heterocycles. The first-order valence-electron chi connectivity index (χ1n) is 6.62. The summed E-state index contributed by atoms with van der Waals surface area (Å²) in [6, 6.07) is 7.22. The second kappa shape index (κ2) is 6.54. The van der Waals surface area contributed by atoms with Crippen molar-refractivity contribution in [1.82, 2.24) is 4.90 Å². The number of ether oxygens (including phenoxy) is 1. The number of nitrogens with zero attached hydrogens (tertiary/aromatic N) is 1. The van der Waals surface area contributed by atoms with Crippen LogP contribution in [0.1, 0.15) is 23.0 Å². The van der Waals surface area contributed by atoms with Crippen LogP contribution in [0, 0.1) is 0 Å². The Morgan fingerprint density at radius 1 is 1.40 bits per heavy atom. The lowest BCUT2D eigenvalue weighted by Gasteiger charge is -2.18. The number of fused-ring (bicyclic) bond motifs is 1. The minimum atomic E-state index is -0.951. The van der Waals surface area contributed by atoms with Gasteiger partial charge in [-0.3, -0.25) is 4.90 Å². The largest absolute Gasteiger partial charge is 0.478 e. The van der Waals surface area contributed by atoms with Gasteiger partial charge in [-0.2, -0.15) is 0 Å². The maximum Gasteiger partial charge on any atom is 0.339 e. The van der Waals surface area contributed by atoms with Gasteiger partial charge in [0, 0.05) is 19.0 Å². The number of rotatable bonds is 7. The van der Waals surface area contributed by atoms with E-state index in [9.17, 15) is 9.90 Å². The van der Waals surface area contributed by atoms with Crippen molar-refractivity contribution in [3.05, 3.63) is 35.6 Å². The predicted molar refractivity (Wildman–Crippen MR) is 76.0 cm³/mol. The summed E-state index contributed by atoms with van der Waals surface area (Å²) in [6.07, 6.45) is 0. The molecule has 0 aliphatic heterocycles. The summed E-state index contributed by atoms with van der Waals surface area (Å²) in [6.45, 7) is 4.65. The number of furan rings is 1. The summed E-state index contributed by atoms with van der Waals surface area (Å²) < 4.78 is 10.8. The van der Waals surface area contributed by atoms with E-state index in [2.05, 4.69) is 4.90 Å². The fraction of sp³-hybridized carbons (Fsp3) is 0.400. The van der Waals surface area contributed by atoms with Gasteiger partial charge < -0.3 is 14.3 Å². The van der Waals surface area contributed by atoms with Crippen LogP contribution in [0.2, 0.25) is 0 Å². The number of likely N-dealkylation sites (N-methyl/N-ethyl adjacent to an activating group) is 1. The molecule has 0 atom stereocenters. The minimum Gasteiger partial charge on any atom is -0.478 e. The first-order chi connectivity index (χ1) is 9.67. The number of carboxylic acid groups (broad SMARTS) is 1. The Balaban J connectivity index is 2.33. The summed E-state index contributed by atoms with van der Waals surface area (Å²) >= 11 is 0. The van der Waals surface area contributed by atoms with Crippen molar-refractivity contribution in [2.75, 3.05) is 26.8 Å². The minimum absolute atomic E-state index is 0.261. The SMILES string of the molecule is CCN(CCOC)Cc1oc2ccccc2c1C(=O)O. The average Bonchev–Trinajstić information content (AvgIpc) is 2.81. The number of hydrogen-bond acceptors (Lipinski definition) is 4. The molecule has 108 valence electrons. The number of methoxy groups -OCH3 is 1. The van der Waals surface area contributed by atoms with Crippen molar-refractivity contribution in [1.29, 1.82) is 0 Å². The van der Waals surface area contributed by atoms with Gasteiger partial charge in [0.2, 0.25) is 0 Å². The molecule has 0 aliphatic carbocycles. The van der Waals surface area contributed by atoms with Crippen LogP contribution in [0.15, 0.2) is 28.7 Å². The second-order valence-electron chi connectivity index (χ2n) is 4.56. The zero-order chi connectivity index (χ0) is 14.5. The Bertz CT molecular complexity index is 591. The van der Waals surface area contributed by atoms with Crippen LogP contribution >= 0.6 is 0 Å². The van der Waals surface area contributed by atoms with Crippen molar-refractivity contribution in [3.8, 4) is 0 Å². The maximum absolute atomic E-state index is 11.5. The van der Waals surface area contributed by atoms with E-state index < -0.39 is 5.97 Å². The van der Waals surface area contributed by atoms with Crippen LogP contribution in [-0.2, 0) is 11.3 Å². The lowest BCUT2D eigenvalue weighted by molar-refractivity contribution is 0.0693. The van der Waals surface area contributed by atoms with Crippen LogP contribution in [-0.4, -0.2) is 42.8 Å². The molecule has 0 spiro atoms. The third-order valence-corrected chi connectivity index (χ3v) is 3.31. The van der Waals surface area contributed by atoms with Crippen LogP contribution < -0.4 is 0 Å². The summed E-state index contributed by atoms with van der Waals surface area (Å²) in [7, 11) is 1.65. The van der Waals surface area contributed by atoms with E-state index >= 15 is 0 Å². The molecule has 0 bridgehead atoms. The van der Waals surface area contributed by atoms with Gasteiger partial charge in [-0.05, 0) is 12.6 Å². The lowest BCUT2D eigenvalue weighted by atomic mass is 10.1. The molecule has 2 rings (SSSR count). The van der Waals surface area contributed by atoms with Gasteiger partial charge in [0.15, 0.2) is 0 Å². The van der Waals surface area contributed by atoms with Crippen molar-refractivity contribution in [3.63, 3.8) is 0 Å². The van der Waals surface area contributed by atoms with E-state index in [4.69, 9.17) is 9.15 Å². The summed E-state index contributed by atoms with van der Waals surface area (Å²) in [5.41, 5.74) is 0.874. The molecule has 0 unspecified atom stereocenters. The van der Waals surface area contributed by atoms with E-state index in [1.807, 2.05) is 19.1 Å². The number of hydrogen-bond donors (Lipinski definition) is 1. The molecule has 0 aliphatic rings. The van der Waals surface area contributed by atoms with Crippen molar-refractivity contribution >= 4 is 16.9 Å². The van der Waals surface area contributed by atoms with Crippen molar-refractivity contribution < 1.29 is 19.1 Å². The number of para-hydroxylation sites is 1. The van der Waals surface area contributed by atoms with Gasteiger partial charge in [-0.25, -0.2) is 4.79 Å². The third-order valence-electron chi connectivity index (χ3n) is 3.31. The summed E-state index contributed by atoms with van der Waals surface area (Å²) in [4.78, 5) is 13.6. The van der Waals surface area contributed by atoms with Gasteiger partial charge in [-0.1, -0.05) is 25.1 Å². The number of carbonyl (C=O) groups is 1. The molecule has 0 fully saturated rings. The zero-order valence-electron chi connectivity index (χ0n) is 11.8. The van der Waals surface area contributed by atoms with Gasteiger partial charge in [0.25, 0.3) is 0 Å². The Hall–Kier alpha value is -1.85. The van der Waals surface area contributed by atoms with Gasteiger partial charge in [0.05, 0.1) is 13.2 Å². The van der Waals surface area contributed by atoms with E-state index in [0.29, 0.717) is 29.9 Å². The first-order valence-corrected chi connectivity index (χ1v) is 6.62. The number of benzene rings is 1. The Labute approximate surface area is 117 Å². The Morgan fingerprint density at radius 2 is 2.15 bits per heavy atom. The Kier molecular flexibility index (Phi) is 4.76. The highest BCUT2D eigenvalue weighted by Gasteiger charge is 2.21. The molecule has 20 heavy (non-hydrogen) atoms. The van der Waals surface area contributed by atoms with Crippen LogP contribution in [0.4, 0.5) is 0 Å². The smallest absolute Gasteiger partial charge is 0.339 e. The zero-order valence-corrected chi connectivity index (χ0v) is 11.8. The molecule has 0 saturated carbocycles. The average molecular weight is 277 g/mol. The third kappa shape index (κ3) is 3.00. The molecule has 1 N–H and O–H groups in total. The molecule has 0 saturated heterocycles. The number of carboxylic acids is 1. The highest BCUT2D eigenvalue weighted by molar-refractivity contribution is 6.03. The fourth-order valence-corrected chi connectivity index (χ4v) is 2.21. The van der Waals surface area contributed by atoms with Crippen molar-refractivity contribution in [2.45, 2.75) is 13.5 Å². The Morgan fingerprint density at radius 3 is 2.80 bits per heavy atom. The summed E-state index contributed by atoms with van der Waals surface area (Å²) in [5.74, 6) is -0.454. The number of aromatic carboxylic acids is 1. The fourth-order valence-electron chi connectivity index (χ4n) is 2.21. The van der Waals surface area contributed by atoms with Gasteiger partial charge in [-0.15, -0.1) is 0 Å². The van der Waals surface area contributed by atoms with E-state index in [1.165, 1.54) is 0 Å². The molecule has 5 heteroatoms. The standard InChI is InChI=1S/C15H19NO4/c1-3-16(8-9-19-2)10-13-14(15(17)18)11-6-4-5-7-12(11)20-13/h4-7H,3,8-10H2,1-2H3,(H,17,18). The molecule has 1 heterocycles. The normalized spacial score (nSPS) is 11.3. The lowest BCUT2D eigenvalue weighted by Crippen LogP contribution is -2.27. The molecular weight excluding hydrogens is 258 g/mol. The molecule has 1 aromatic carbocycles.